The third-order valence-electron chi connectivity index (χ3n) is 4.70. The molecule has 0 unspecified atom stereocenters. The van der Waals surface area contributed by atoms with Gasteiger partial charge in [0.25, 0.3) is 0 Å². The summed E-state index contributed by atoms with van der Waals surface area (Å²) < 4.78 is 10.9. The lowest BCUT2D eigenvalue weighted by atomic mass is 10.2. The van der Waals surface area contributed by atoms with Gasteiger partial charge in [-0.05, 0) is 60.9 Å². The van der Waals surface area contributed by atoms with E-state index in [0.29, 0.717) is 36.1 Å². The molecule has 0 aliphatic heterocycles. The minimum atomic E-state index is -0.343. The molecule has 8 nitrogen and oxygen atoms in total. The number of anilines is 5. The van der Waals surface area contributed by atoms with Gasteiger partial charge in [-0.2, -0.15) is 0 Å². The molecule has 0 amide bonds. The average molecular weight is 450 g/mol. The van der Waals surface area contributed by atoms with E-state index in [9.17, 15) is 4.79 Å². The molecular formula is C25H31N5O3. The first-order valence-corrected chi connectivity index (χ1v) is 11.1. The number of nitrogen functional groups attached to an aromatic ring is 1. The third-order valence-corrected chi connectivity index (χ3v) is 4.70. The molecule has 0 radical (unpaired) electrons. The van der Waals surface area contributed by atoms with Gasteiger partial charge in [0.05, 0.1) is 18.8 Å². The van der Waals surface area contributed by atoms with Gasteiger partial charge >= 0.3 is 5.97 Å². The SMILES string of the molecule is CCCCOc1ccc(Nc2ncnc(Nc3ccc(C(=O)OCC(C)C)cc3)c2N)cc1. The molecule has 3 aromatic rings. The van der Waals surface area contributed by atoms with Crippen LogP contribution in [0, 0.1) is 5.92 Å². The standard InChI is InChI=1S/C25H31N5O3/c1-4-5-14-32-21-12-10-20(11-13-21)30-24-22(26)23(27-16-28-24)29-19-8-6-18(7-9-19)25(31)33-15-17(2)3/h6-13,16-17H,4-5,14-15,26H2,1-3H3,(H2,27,28,29,30). The third kappa shape index (κ3) is 7.10. The van der Waals surface area contributed by atoms with E-state index in [0.717, 1.165) is 30.0 Å². The number of nitrogens with one attached hydrogen (secondary N) is 2. The van der Waals surface area contributed by atoms with Crippen LogP contribution in [0.2, 0.25) is 0 Å². The van der Waals surface area contributed by atoms with E-state index in [1.54, 1.807) is 24.3 Å². The zero-order valence-corrected chi connectivity index (χ0v) is 19.3. The normalized spacial score (nSPS) is 10.7. The van der Waals surface area contributed by atoms with Crippen molar-refractivity contribution >= 4 is 34.7 Å². The topological polar surface area (TPSA) is 111 Å². The summed E-state index contributed by atoms with van der Waals surface area (Å²) in [6.45, 7) is 7.21. The van der Waals surface area contributed by atoms with Crippen molar-refractivity contribution in [2.24, 2.45) is 5.92 Å². The molecule has 33 heavy (non-hydrogen) atoms. The summed E-state index contributed by atoms with van der Waals surface area (Å²) in [5.41, 5.74) is 8.72. The predicted octanol–water partition coefficient (Wildman–Crippen LogP) is 5.54. The fourth-order valence-electron chi connectivity index (χ4n) is 2.85. The number of carbonyl (C=O) groups excluding carboxylic acids is 1. The number of hydrogen-bond donors (Lipinski definition) is 3. The fraction of sp³-hybridized carbons (Fsp3) is 0.320. The second kappa shape index (κ2) is 11.7. The Hall–Kier alpha value is -3.81. The van der Waals surface area contributed by atoms with Gasteiger partial charge in [0.2, 0.25) is 0 Å². The Morgan fingerprint density at radius 1 is 0.970 bits per heavy atom. The van der Waals surface area contributed by atoms with Crippen LogP contribution in [0.5, 0.6) is 5.75 Å². The van der Waals surface area contributed by atoms with E-state index in [-0.39, 0.29) is 11.9 Å². The largest absolute Gasteiger partial charge is 0.494 e. The zero-order chi connectivity index (χ0) is 23.6. The highest BCUT2D eigenvalue weighted by molar-refractivity contribution is 5.90. The molecule has 0 saturated heterocycles. The van der Waals surface area contributed by atoms with Crippen LogP contribution in [-0.2, 0) is 4.74 Å². The summed E-state index contributed by atoms with van der Waals surface area (Å²) in [5.74, 6) is 1.72. The zero-order valence-electron chi connectivity index (χ0n) is 19.3. The Morgan fingerprint density at radius 2 is 1.55 bits per heavy atom. The monoisotopic (exact) mass is 449 g/mol. The second-order valence-corrected chi connectivity index (χ2v) is 8.03. The molecule has 2 aromatic carbocycles. The van der Waals surface area contributed by atoms with Gasteiger partial charge < -0.3 is 25.8 Å². The second-order valence-electron chi connectivity index (χ2n) is 8.03. The minimum absolute atomic E-state index is 0.287. The molecule has 0 saturated carbocycles. The number of ether oxygens (including phenoxy) is 2. The van der Waals surface area contributed by atoms with Crippen molar-refractivity contribution in [3.63, 3.8) is 0 Å². The van der Waals surface area contributed by atoms with Crippen molar-refractivity contribution < 1.29 is 14.3 Å². The maximum Gasteiger partial charge on any atom is 0.338 e. The van der Waals surface area contributed by atoms with Crippen LogP contribution in [0.1, 0.15) is 44.0 Å². The molecule has 4 N–H and O–H groups in total. The number of nitrogens with zero attached hydrogens (tertiary/aromatic N) is 2. The Balaban J connectivity index is 1.63. The molecule has 3 rings (SSSR count). The molecule has 0 spiro atoms. The number of carbonyl (C=O) groups is 1. The molecular weight excluding hydrogens is 418 g/mol. The van der Waals surface area contributed by atoms with Gasteiger partial charge in [-0.3, -0.25) is 0 Å². The Bertz CT molecular complexity index is 1040. The van der Waals surface area contributed by atoms with Crippen molar-refractivity contribution in [3.8, 4) is 5.75 Å². The van der Waals surface area contributed by atoms with E-state index in [1.165, 1.54) is 6.33 Å². The molecule has 8 heteroatoms. The van der Waals surface area contributed by atoms with Gasteiger partial charge in [-0.15, -0.1) is 0 Å². The molecule has 0 fully saturated rings. The van der Waals surface area contributed by atoms with Crippen LogP contribution >= 0.6 is 0 Å². The van der Waals surface area contributed by atoms with Gasteiger partial charge in [0.15, 0.2) is 11.6 Å². The predicted molar refractivity (Wildman–Crippen MR) is 131 cm³/mol. The maximum absolute atomic E-state index is 12.1. The minimum Gasteiger partial charge on any atom is -0.494 e. The van der Waals surface area contributed by atoms with Crippen LogP contribution < -0.4 is 21.1 Å². The van der Waals surface area contributed by atoms with Crippen molar-refractivity contribution in [1.82, 2.24) is 9.97 Å². The van der Waals surface area contributed by atoms with Crippen molar-refractivity contribution in [1.29, 1.82) is 0 Å². The smallest absolute Gasteiger partial charge is 0.338 e. The van der Waals surface area contributed by atoms with Gasteiger partial charge in [-0.25, -0.2) is 14.8 Å². The summed E-state index contributed by atoms with van der Waals surface area (Å²) in [4.78, 5) is 20.6. The molecule has 1 heterocycles. The Morgan fingerprint density at radius 3 is 2.09 bits per heavy atom. The number of benzene rings is 2. The van der Waals surface area contributed by atoms with E-state index >= 15 is 0 Å². The highest BCUT2D eigenvalue weighted by Crippen LogP contribution is 2.29. The lowest BCUT2D eigenvalue weighted by Gasteiger charge is -2.13. The summed E-state index contributed by atoms with van der Waals surface area (Å²) in [6.07, 6.45) is 3.55. The lowest BCUT2D eigenvalue weighted by molar-refractivity contribution is 0.0459. The van der Waals surface area contributed by atoms with Crippen LogP contribution in [0.25, 0.3) is 0 Å². The van der Waals surface area contributed by atoms with E-state index in [4.69, 9.17) is 15.2 Å². The molecule has 174 valence electrons. The van der Waals surface area contributed by atoms with Crippen molar-refractivity contribution in [2.45, 2.75) is 33.6 Å². The van der Waals surface area contributed by atoms with E-state index in [1.807, 2.05) is 38.1 Å². The number of esters is 1. The van der Waals surface area contributed by atoms with Gasteiger partial charge in [0, 0.05) is 11.4 Å². The van der Waals surface area contributed by atoms with Crippen molar-refractivity contribution in [2.75, 3.05) is 29.6 Å². The molecule has 0 aliphatic carbocycles. The average Bonchev–Trinajstić information content (AvgIpc) is 2.82. The van der Waals surface area contributed by atoms with Gasteiger partial charge in [-0.1, -0.05) is 27.2 Å². The first-order chi connectivity index (χ1) is 16.0. The number of nitrogens with two attached hydrogens (primary N) is 1. The molecule has 0 aliphatic rings. The van der Waals surface area contributed by atoms with Crippen molar-refractivity contribution in [3.05, 3.63) is 60.4 Å². The summed E-state index contributed by atoms with van der Waals surface area (Å²) in [6, 6.07) is 14.6. The van der Waals surface area contributed by atoms with E-state index in [2.05, 4.69) is 27.5 Å². The summed E-state index contributed by atoms with van der Waals surface area (Å²) in [7, 11) is 0. The van der Waals surface area contributed by atoms with Crippen LogP contribution in [0.3, 0.4) is 0 Å². The van der Waals surface area contributed by atoms with Crippen LogP contribution in [-0.4, -0.2) is 29.2 Å². The quantitative estimate of drug-likeness (QED) is 0.258. The van der Waals surface area contributed by atoms with Crippen LogP contribution in [0.4, 0.5) is 28.7 Å². The Labute approximate surface area is 194 Å². The number of aromatic nitrogens is 2. The summed E-state index contributed by atoms with van der Waals surface area (Å²) >= 11 is 0. The molecule has 1 aromatic heterocycles. The Kier molecular flexibility index (Phi) is 8.46. The highest BCUT2D eigenvalue weighted by Gasteiger charge is 2.11. The fourth-order valence-corrected chi connectivity index (χ4v) is 2.85. The van der Waals surface area contributed by atoms with Gasteiger partial charge in [0.1, 0.15) is 17.8 Å². The highest BCUT2D eigenvalue weighted by atomic mass is 16.5. The summed E-state index contributed by atoms with van der Waals surface area (Å²) in [5, 5.41) is 6.37. The number of unbranched alkanes of at least 4 members (excludes halogenated alkanes) is 1. The first kappa shape index (κ1) is 23.8. The lowest BCUT2D eigenvalue weighted by Crippen LogP contribution is -2.10. The maximum atomic E-state index is 12.1. The first-order valence-electron chi connectivity index (χ1n) is 11.1. The van der Waals surface area contributed by atoms with E-state index < -0.39 is 0 Å². The number of rotatable bonds is 11. The number of hydrogen-bond acceptors (Lipinski definition) is 8. The van der Waals surface area contributed by atoms with Crippen LogP contribution in [0.15, 0.2) is 54.9 Å². The molecule has 0 atom stereocenters. The molecule has 0 bridgehead atoms.